The van der Waals surface area contributed by atoms with Crippen LogP contribution in [0.3, 0.4) is 0 Å². The monoisotopic (exact) mass is 217 g/mol. The first-order valence-corrected chi connectivity index (χ1v) is 4.97. The number of nitrogens with two attached hydrogens (primary N) is 1. The molecule has 2 nitrogen and oxygen atoms in total. The summed E-state index contributed by atoms with van der Waals surface area (Å²) in [6.07, 6.45) is -0.433. The molecule has 3 heteroatoms. The van der Waals surface area contributed by atoms with Crippen molar-refractivity contribution in [3.63, 3.8) is 0 Å². The van der Waals surface area contributed by atoms with E-state index in [1.165, 1.54) is 12.1 Å². The van der Waals surface area contributed by atoms with Crippen LogP contribution in [0.4, 0.5) is 4.39 Å². The van der Waals surface area contributed by atoms with Gasteiger partial charge in [0.2, 0.25) is 0 Å². The number of halogens is 1. The fraction of sp³-hybridized carbons (Fsp3) is 0.0769. The minimum Gasteiger partial charge on any atom is -0.292 e. The Kier molecular flexibility index (Phi) is 3.29. The zero-order valence-electron chi connectivity index (χ0n) is 8.64. The van der Waals surface area contributed by atoms with Gasteiger partial charge < -0.3 is 0 Å². The molecule has 2 aromatic carbocycles. The average Bonchev–Trinajstić information content (AvgIpc) is 2.31. The molecule has 1 unspecified atom stereocenters. The molecule has 0 heterocycles. The first-order valence-electron chi connectivity index (χ1n) is 4.97. The van der Waals surface area contributed by atoms with Gasteiger partial charge in [0.15, 0.2) is 0 Å². The van der Waals surface area contributed by atoms with Gasteiger partial charge in [-0.1, -0.05) is 42.5 Å². The van der Waals surface area contributed by atoms with Gasteiger partial charge >= 0.3 is 0 Å². The van der Waals surface area contributed by atoms with E-state index in [1.807, 2.05) is 30.3 Å². The summed E-state index contributed by atoms with van der Waals surface area (Å²) in [6, 6.07) is 15.7. The Balaban J connectivity index is 2.37. The van der Waals surface area contributed by atoms with E-state index in [0.29, 0.717) is 5.56 Å². The van der Waals surface area contributed by atoms with E-state index in [9.17, 15) is 4.39 Å². The maximum Gasteiger partial charge on any atom is 0.129 e. The number of hydrogen-bond acceptors (Lipinski definition) is 2. The molecule has 0 radical (unpaired) electrons. The molecule has 2 N–H and O–H groups in total. The fourth-order valence-electron chi connectivity index (χ4n) is 1.65. The summed E-state index contributed by atoms with van der Waals surface area (Å²) in [7, 11) is 0. The first kappa shape index (κ1) is 10.8. The molecule has 2 rings (SSSR count). The summed E-state index contributed by atoms with van der Waals surface area (Å²) < 4.78 is 13.1. The van der Waals surface area contributed by atoms with Crippen LogP contribution in [-0.4, -0.2) is 0 Å². The maximum absolute atomic E-state index is 13.1. The van der Waals surface area contributed by atoms with Crippen LogP contribution >= 0.6 is 0 Å². The second kappa shape index (κ2) is 4.88. The Hall–Kier alpha value is -1.71. The average molecular weight is 217 g/mol. The molecule has 0 amide bonds. The maximum atomic E-state index is 13.1. The molecule has 0 aliphatic heterocycles. The summed E-state index contributed by atoms with van der Waals surface area (Å²) in [5.74, 6) is 4.97. The van der Waals surface area contributed by atoms with E-state index in [1.54, 1.807) is 12.1 Å². The van der Waals surface area contributed by atoms with Crippen molar-refractivity contribution in [2.75, 3.05) is 0 Å². The van der Waals surface area contributed by atoms with Gasteiger partial charge in [-0.05, 0) is 23.3 Å². The zero-order valence-corrected chi connectivity index (χ0v) is 8.64. The number of benzene rings is 2. The van der Waals surface area contributed by atoms with Crippen molar-refractivity contribution in [2.45, 2.75) is 6.10 Å². The van der Waals surface area contributed by atoms with E-state index in [4.69, 9.17) is 10.7 Å². The van der Waals surface area contributed by atoms with Crippen molar-refractivity contribution in [3.8, 4) is 0 Å². The van der Waals surface area contributed by atoms with Crippen LogP contribution in [-0.2, 0) is 4.84 Å². The summed E-state index contributed by atoms with van der Waals surface area (Å²) in [4.78, 5) is 4.91. The SMILES string of the molecule is NOC(c1ccccc1)c1cccc(F)c1. The van der Waals surface area contributed by atoms with Crippen LogP contribution in [0.1, 0.15) is 17.2 Å². The molecule has 0 aromatic heterocycles. The van der Waals surface area contributed by atoms with Crippen LogP contribution < -0.4 is 5.90 Å². The molecule has 0 saturated carbocycles. The van der Waals surface area contributed by atoms with Gasteiger partial charge in [-0.3, -0.25) is 4.84 Å². The Morgan fingerprint density at radius 3 is 2.25 bits per heavy atom. The van der Waals surface area contributed by atoms with Crippen molar-refractivity contribution in [2.24, 2.45) is 5.90 Å². The molecule has 0 spiro atoms. The van der Waals surface area contributed by atoms with Crippen LogP contribution in [0.25, 0.3) is 0 Å². The van der Waals surface area contributed by atoms with Gasteiger partial charge in [-0.25, -0.2) is 10.3 Å². The summed E-state index contributed by atoms with van der Waals surface area (Å²) in [5.41, 5.74) is 1.60. The van der Waals surface area contributed by atoms with E-state index >= 15 is 0 Å². The smallest absolute Gasteiger partial charge is 0.129 e. The minimum atomic E-state index is -0.433. The quantitative estimate of drug-likeness (QED) is 0.802. The van der Waals surface area contributed by atoms with E-state index in [0.717, 1.165) is 5.56 Å². The lowest BCUT2D eigenvalue weighted by Crippen LogP contribution is -2.10. The zero-order chi connectivity index (χ0) is 11.4. The first-order chi connectivity index (χ1) is 7.81. The van der Waals surface area contributed by atoms with E-state index < -0.39 is 6.10 Å². The second-order valence-corrected chi connectivity index (χ2v) is 3.48. The molecule has 0 bridgehead atoms. The van der Waals surface area contributed by atoms with Crippen LogP contribution in [0.5, 0.6) is 0 Å². The molecular weight excluding hydrogens is 205 g/mol. The van der Waals surface area contributed by atoms with Crippen LogP contribution in [0.2, 0.25) is 0 Å². The lowest BCUT2D eigenvalue weighted by atomic mass is 10.0. The van der Waals surface area contributed by atoms with E-state index in [2.05, 4.69) is 0 Å². The Bertz CT molecular complexity index is 458. The van der Waals surface area contributed by atoms with Crippen molar-refractivity contribution in [3.05, 3.63) is 71.5 Å². The summed E-state index contributed by atoms with van der Waals surface area (Å²) >= 11 is 0. The Morgan fingerprint density at radius 1 is 0.938 bits per heavy atom. The topological polar surface area (TPSA) is 35.2 Å². The molecule has 1 atom stereocenters. The van der Waals surface area contributed by atoms with Gasteiger partial charge in [-0.2, -0.15) is 0 Å². The standard InChI is InChI=1S/C13H12FNO/c14-12-8-4-7-11(9-12)13(16-15)10-5-2-1-3-6-10/h1-9,13H,15H2. The van der Waals surface area contributed by atoms with Gasteiger partial charge in [0.05, 0.1) is 0 Å². The molecule has 2 aromatic rings. The van der Waals surface area contributed by atoms with E-state index in [-0.39, 0.29) is 5.82 Å². The minimum absolute atomic E-state index is 0.296. The molecule has 16 heavy (non-hydrogen) atoms. The van der Waals surface area contributed by atoms with Crippen molar-refractivity contribution < 1.29 is 9.23 Å². The van der Waals surface area contributed by atoms with Gasteiger partial charge in [0.25, 0.3) is 0 Å². The highest BCUT2D eigenvalue weighted by molar-refractivity contribution is 5.30. The molecule has 0 fully saturated rings. The highest BCUT2D eigenvalue weighted by Gasteiger charge is 2.13. The molecule has 0 aliphatic carbocycles. The highest BCUT2D eigenvalue weighted by Crippen LogP contribution is 2.24. The predicted molar refractivity (Wildman–Crippen MR) is 60.0 cm³/mol. The van der Waals surface area contributed by atoms with Crippen LogP contribution in [0, 0.1) is 5.82 Å². The lowest BCUT2D eigenvalue weighted by molar-refractivity contribution is 0.0811. The predicted octanol–water partition coefficient (Wildman–Crippen LogP) is 2.81. The van der Waals surface area contributed by atoms with Crippen molar-refractivity contribution >= 4 is 0 Å². The fourth-order valence-corrected chi connectivity index (χ4v) is 1.65. The third-order valence-corrected chi connectivity index (χ3v) is 2.39. The molecule has 0 aliphatic rings. The van der Waals surface area contributed by atoms with Gasteiger partial charge in [0, 0.05) is 0 Å². The Labute approximate surface area is 93.4 Å². The summed E-state index contributed by atoms with van der Waals surface area (Å²) in [5, 5.41) is 0. The number of hydrogen-bond donors (Lipinski definition) is 1. The highest BCUT2D eigenvalue weighted by atomic mass is 19.1. The normalized spacial score (nSPS) is 12.4. The lowest BCUT2D eigenvalue weighted by Gasteiger charge is -2.15. The largest absolute Gasteiger partial charge is 0.292 e. The van der Waals surface area contributed by atoms with Crippen LogP contribution in [0.15, 0.2) is 54.6 Å². The third-order valence-electron chi connectivity index (χ3n) is 2.39. The van der Waals surface area contributed by atoms with Gasteiger partial charge in [0.1, 0.15) is 11.9 Å². The summed E-state index contributed by atoms with van der Waals surface area (Å²) in [6.45, 7) is 0. The third kappa shape index (κ3) is 2.27. The number of rotatable bonds is 3. The van der Waals surface area contributed by atoms with Crippen molar-refractivity contribution in [1.29, 1.82) is 0 Å². The molecular formula is C13H12FNO. The second-order valence-electron chi connectivity index (χ2n) is 3.48. The van der Waals surface area contributed by atoms with Crippen molar-refractivity contribution in [1.82, 2.24) is 0 Å². The molecule has 82 valence electrons. The Morgan fingerprint density at radius 2 is 1.62 bits per heavy atom. The van der Waals surface area contributed by atoms with Gasteiger partial charge in [-0.15, -0.1) is 0 Å². The molecule has 0 saturated heterocycles.